The van der Waals surface area contributed by atoms with Crippen molar-refractivity contribution in [2.24, 2.45) is 0 Å². The van der Waals surface area contributed by atoms with Crippen LogP contribution in [0.1, 0.15) is 82.9 Å². The molecule has 0 aromatic carbocycles. The summed E-state index contributed by atoms with van der Waals surface area (Å²) in [4.78, 5) is 8.90. The Morgan fingerprint density at radius 2 is 1.91 bits per heavy atom. The van der Waals surface area contributed by atoms with Crippen LogP contribution in [0.2, 0.25) is 0 Å². The predicted molar refractivity (Wildman–Crippen MR) is 91.0 cm³/mol. The van der Waals surface area contributed by atoms with Gasteiger partial charge in [0.05, 0.1) is 5.69 Å². The fourth-order valence-corrected chi connectivity index (χ4v) is 3.02. The largest absolute Gasteiger partial charge is 0.383 e. The van der Waals surface area contributed by atoms with E-state index in [0.29, 0.717) is 11.7 Å². The van der Waals surface area contributed by atoms with Gasteiger partial charge in [0.25, 0.3) is 5.78 Å². The van der Waals surface area contributed by atoms with Crippen LogP contribution in [0.4, 0.5) is 5.82 Å². The van der Waals surface area contributed by atoms with E-state index in [9.17, 15) is 0 Å². The fraction of sp³-hybridized carbons (Fsp3) is 0.706. The molecule has 22 heavy (non-hydrogen) atoms. The predicted octanol–water partition coefficient (Wildman–Crippen LogP) is 4.12. The van der Waals surface area contributed by atoms with Gasteiger partial charge in [-0.15, -0.1) is 0 Å². The van der Waals surface area contributed by atoms with Crippen LogP contribution in [0, 0.1) is 0 Å². The highest BCUT2D eigenvalue weighted by Gasteiger charge is 2.19. The number of unbranched alkanes of at least 4 members (excludes halogenated alkanes) is 4. The van der Waals surface area contributed by atoms with E-state index in [1.54, 1.807) is 4.52 Å². The van der Waals surface area contributed by atoms with Crippen molar-refractivity contribution in [1.29, 1.82) is 0 Å². The molecule has 2 heterocycles. The summed E-state index contributed by atoms with van der Waals surface area (Å²) >= 11 is 0. The van der Waals surface area contributed by atoms with E-state index in [2.05, 4.69) is 30.9 Å². The third kappa shape index (κ3) is 3.76. The molecule has 5 nitrogen and oxygen atoms in total. The van der Waals surface area contributed by atoms with Crippen molar-refractivity contribution < 1.29 is 0 Å². The average molecular weight is 303 g/mol. The zero-order valence-corrected chi connectivity index (χ0v) is 14.2. The molecular weight excluding hydrogens is 274 g/mol. The Morgan fingerprint density at radius 3 is 2.64 bits per heavy atom. The molecule has 2 aromatic heterocycles. The number of hydrogen-bond acceptors (Lipinski definition) is 4. The molecule has 0 saturated carbocycles. The molecule has 0 bridgehead atoms. The van der Waals surface area contributed by atoms with Crippen LogP contribution in [0.25, 0.3) is 5.78 Å². The number of nitrogen functional groups attached to an aromatic ring is 1. The maximum absolute atomic E-state index is 6.39. The lowest BCUT2D eigenvalue weighted by atomic mass is 9.92. The summed E-state index contributed by atoms with van der Waals surface area (Å²) in [5.74, 6) is 1.76. The van der Waals surface area contributed by atoms with Gasteiger partial charge in [-0.05, 0) is 25.2 Å². The molecule has 0 radical (unpaired) electrons. The molecule has 1 unspecified atom stereocenters. The van der Waals surface area contributed by atoms with Crippen LogP contribution < -0.4 is 5.73 Å². The van der Waals surface area contributed by atoms with E-state index in [1.807, 2.05) is 0 Å². The zero-order valence-electron chi connectivity index (χ0n) is 14.2. The maximum Gasteiger partial charge on any atom is 0.254 e. The van der Waals surface area contributed by atoms with Gasteiger partial charge in [-0.2, -0.15) is 14.6 Å². The minimum Gasteiger partial charge on any atom is -0.383 e. The SMILES string of the molecule is CCCCCCC(C)c1c(CCCC)nc2ncnn2c1N. The summed E-state index contributed by atoms with van der Waals surface area (Å²) in [5.41, 5.74) is 8.68. The van der Waals surface area contributed by atoms with Gasteiger partial charge in [0.2, 0.25) is 0 Å². The number of rotatable bonds is 9. The van der Waals surface area contributed by atoms with Crippen molar-refractivity contribution in [1.82, 2.24) is 19.6 Å². The van der Waals surface area contributed by atoms with Gasteiger partial charge in [-0.3, -0.25) is 0 Å². The Balaban J connectivity index is 2.25. The van der Waals surface area contributed by atoms with E-state index in [-0.39, 0.29) is 0 Å². The van der Waals surface area contributed by atoms with E-state index in [4.69, 9.17) is 10.7 Å². The number of aryl methyl sites for hydroxylation is 1. The lowest BCUT2D eigenvalue weighted by molar-refractivity contribution is 0.572. The Labute approximate surface area is 133 Å². The maximum atomic E-state index is 6.39. The van der Waals surface area contributed by atoms with Crippen LogP contribution >= 0.6 is 0 Å². The Morgan fingerprint density at radius 1 is 1.14 bits per heavy atom. The first-order chi connectivity index (χ1) is 10.7. The monoisotopic (exact) mass is 303 g/mol. The number of aromatic nitrogens is 4. The first-order valence-corrected chi connectivity index (χ1v) is 8.67. The molecule has 0 aliphatic rings. The van der Waals surface area contributed by atoms with Gasteiger partial charge in [0, 0.05) is 5.56 Å². The van der Waals surface area contributed by atoms with Crippen molar-refractivity contribution in [2.45, 2.75) is 78.1 Å². The second-order valence-electron chi connectivity index (χ2n) is 6.18. The molecule has 1 atom stereocenters. The topological polar surface area (TPSA) is 69.1 Å². The van der Waals surface area contributed by atoms with Gasteiger partial charge in [0.15, 0.2) is 0 Å². The molecule has 0 aliphatic carbocycles. The molecule has 2 rings (SSSR count). The summed E-state index contributed by atoms with van der Waals surface area (Å²) in [6.07, 6.45) is 11.1. The van der Waals surface area contributed by atoms with E-state index < -0.39 is 0 Å². The summed E-state index contributed by atoms with van der Waals surface area (Å²) in [6.45, 7) is 6.71. The molecule has 0 saturated heterocycles. The van der Waals surface area contributed by atoms with Crippen molar-refractivity contribution in [3.05, 3.63) is 17.6 Å². The van der Waals surface area contributed by atoms with Gasteiger partial charge >= 0.3 is 0 Å². The first-order valence-electron chi connectivity index (χ1n) is 8.67. The van der Waals surface area contributed by atoms with Crippen LogP contribution in [0.3, 0.4) is 0 Å². The average Bonchev–Trinajstić information content (AvgIpc) is 2.98. The molecule has 0 spiro atoms. The third-order valence-corrected chi connectivity index (χ3v) is 4.33. The van der Waals surface area contributed by atoms with Crippen LogP contribution in [-0.2, 0) is 6.42 Å². The normalized spacial score (nSPS) is 12.9. The van der Waals surface area contributed by atoms with Crippen molar-refractivity contribution in [3.8, 4) is 0 Å². The molecule has 2 aromatic rings. The Bertz CT molecular complexity index is 590. The molecule has 0 aliphatic heterocycles. The minimum absolute atomic E-state index is 0.421. The Kier molecular flexibility index (Phi) is 6.16. The highest BCUT2D eigenvalue weighted by atomic mass is 15.3. The highest BCUT2D eigenvalue weighted by Crippen LogP contribution is 2.30. The quantitative estimate of drug-likeness (QED) is 0.707. The first kappa shape index (κ1) is 16.7. The van der Waals surface area contributed by atoms with Gasteiger partial charge in [-0.25, -0.2) is 4.98 Å². The lowest BCUT2D eigenvalue weighted by Crippen LogP contribution is -2.13. The zero-order chi connectivity index (χ0) is 15.9. The van der Waals surface area contributed by atoms with E-state index in [1.165, 1.54) is 37.6 Å². The minimum atomic E-state index is 0.421. The van der Waals surface area contributed by atoms with Crippen LogP contribution in [-0.4, -0.2) is 19.6 Å². The van der Waals surface area contributed by atoms with E-state index >= 15 is 0 Å². The smallest absolute Gasteiger partial charge is 0.254 e. The van der Waals surface area contributed by atoms with Crippen LogP contribution in [0.5, 0.6) is 0 Å². The molecular formula is C17H29N5. The summed E-state index contributed by atoms with van der Waals surface area (Å²) < 4.78 is 1.67. The van der Waals surface area contributed by atoms with Crippen molar-refractivity contribution >= 4 is 11.6 Å². The number of nitrogens with two attached hydrogens (primary N) is 1. The van der Waals surface area contributed by atoms with Crippen molar-refractivity contribution in [2.75, 3.05) is 5.73 Å². The van der Waals surface area contributed by atoms with Gasteiger partial charge in [-0.1, -0.05) is 52.9 Å². The van der Waals surface area contributed by atoms with Gasteiger partial charge in [0.1, 0.15) is 12.1 Å². The number of hydrogen-bond donors (Lipinski definition) is 1. The second-order valence-corrected chi connectivity index (χ2v) is 6.18. The Hall–Kier alpha value is -1.65. The summed E-state index contributed by atoms with van der Waals surface area (Å²) in [7, 11) is 0. The number of nitrogens with zero attached hydrogens (tertiary/aromatic N) is 4. The van der Waals surface area contributed by atoms with E-state index in [0.717, 1.165) is 37.2 Å². The standard InChI is InChI=1S/C17H29N5/c1-4-6-8-9-10-13(3)15-14(11-7-5-2)21-17-19-12-20-22(17)16(15)18/h12-13H,4-11,18H2,1-3H3. The highest BCUT2D eigenvalue weighted by molar-refractivity contribution is 5.51. The van der Waals surface area contributed by atoms with Crippen LogP contribution in [0.15, 0.2) is 6.33 Å². The number of fused-ring (bicyclic) bond motifs is 1. The van der Waals surface area contributed by atoms with Crippen molar-refractivity contribution in [3.63, 3.8) is 0 Å². The molecule has 0 fully saturated rings. The third-order valence-electron chi connectivity index (χ3n) is 4.33. The summed E-state index contributed by atoms with van der Waals surface area (Å²) in [5, 5.41) is 4.21. The molecule has 5 heteroatoms. The van der Waals surface area contributed by atoms with Gasteiger partial charge < -0.3 is 5.73 Å². The molecule has 0 amide bonds. The second kappa shape index (κ2) is 8.11. The lowest BCUT2D eigenvalue weighted by Gasteiger charge is -2.18. The molecule has 122 valence electrons. The molecule has 2 N–H and O–H groups in total. The number of anilines is 1. The summed E-state index contributed by atoms with van der Waals surface area (Å²) in [6, 6.07) is 0. The fourth-order valence-electron chi connectivity index (χ4n) is 3.02.